The number of carbonyl (C=O) groups is 3. The summed E-state index contributed by atoms with van der Waals surface area (Å²) in [6.07, 6.45) is 2.56. The van der Waals surface area contributed by atoms with Gasteiger partial charge < -0.3 is 39.2 Å². The number of aliphatic hydroxyl groups is 1. The largest absolute Gasteiger partial charge is 0.465 e. The van der Waals surface area contributed by atoms with Crippen LogP contribution >= 0.6 is 0 Å². The zero-order valence-corrected chi connectivity index (χ0v) is 23.7. The van der Waals surface area contributed by atoms with Crippen molar-refractivity contribution in [1.82, 2.24) is 10.2 Å². The van der Waals surface area contributed by atoms with Crippen molar-refractivity contribution >= 4 is 23.5 Å². The zero-order chi connectivity index (χ0) is 29.5. The summed E-state index contributed by atoms with van der Waals surface area (Å²) in [7, 11) is 1.34. The van der Waals surface area contributed by atoms with Gasteiger partial charge in [-0.25, -0.2) is 4.79 Å². The van der Waals surface area contributed by atoms with E-state index < -0.39 is 17.8 Å². The van der Waals surface area contributed by atoms with Gasteiger partial charge >= 0.3 is 5.97 Å². The van der Waals surface area contributed by atoms with Gasteiger partial charge in [-0.15, -0.1) is 0 Å². The Morgan fingerprint density at radius 1 is 1.05 bits per heavy atom. The van der Waals surface area contributed by atoms with E-state index in [1.165, 1.54) is 7.11 Å². The number of methoxy groups -OCH3 is 1. The Hall–Kier alpha value is -3.93. The van der Waals surface area contributed by atoms with Gasteiger partial charge in [-0.1, -0.05) is 30.3 Å². The molecule has 224 valence electrons. The molecule has 2 fully saturated rings. The second kappa shape index (κ2) is 13.4. The summed E-state index contributed by atoms with van der Waals surface area (Å²) in [5.74, 6) is -0.697. The fourth-order valence-electron chi connectivity index (χ4n) is 5.80. The number of likely N-dealkylation sites (tertiary alicyclic amines) is 1. The number of rotatable bonds is 10. The van der Waals surface area contributed by atoms with Gasteiger partial charge in [0.15, 0.2) is 5.76 Å². The summed E-state index contributed by atoms with van der Waals surface area (Å²) in [6.45, 7) is 1.88. The van der Waals surface area contributed by atoms with Crippen LogP contribution in [0.4, 0.5) is 5.69 Å². The molecule has 2 aromatic carbocycles. The second-order valence-electron chi connectivity index (χ2n) is 10.5. The first kappa shape index (κ1) is 29.6. The first-order valence-corrected chi connectivity index (χ1v) is 14.2. The van der Waals surface area contributed by atoms with E-state index in [2.05, 4.69) is 10.2 Å². The van der Waals surface area contributed by atoms with E-state index in [4.69, 9.17) is 24.1 Å². The fraction of sp³-hybridized carbons (Fsp3) is 0.452. The van der Waals surface area contributed by atoms with Gasteiger partial charge in [0.2, 0.25) is 12.2 Å². The number of carbonyl (C=O) groups excluding carboxylic acids is 3. The quantitative estimate of drug-likeness (QED) is 0.322. The topological polar surface area (TPSA) is 127 Å². The molecule has 3 heterocycles. The van der Waals surface area contributed by atoms with Crippen molar-refractivity contribution in [3.63, 3.8) is 0 Å². The first-order chi connectivity index (χ1) is 20.4. The van der Waals surface area contributed by atoms with Crippen LogP contribution in [-0.4, -0.2) is 92.9 Å². The standard InChI is InChI=1S/C31H37N3O8/c1-39-29(37)23-9-7-22(8-10-23)24-19-26(42-27(20-24)41-18-17-40-16-15-35)28(36)33-13-11-31(12-14-33)30(38)32-21-34(31)25-5-3-2-4-6-25/h2-10,19,24,27,35H,11-18,20-21H2,1H3,(H,32,38)/t24-,27+/m0/s1. The Bertz CT molecular complexity index is 1270. The number of anilines is 1. The van der Waals surface area contributed by atoms with Crippen molar-refractivity contribution in [1.29, 1.82) is 0 Å². The molecule has 0 aliphatic carbocycles. The summed E-state index contributed by atoms with van der Waals surface area (Å²) in [6, 6.07) is 16.9. The molecule has 11 nitrogen and oxygen atoms in total. The Balaban J connectivity index is 1.30. The van der Waals surface area contributed by atoms with Gasteiger partial charge in [0, 0.05) is 31.1 Å². The highest BCUT2D eigenvalue weighted by Crippen LogP contribution is 2.37. The number of amides is 2. The highest BCUT2D eigenvalue weighted by Gasteiger charge is 2.51. The Labute approximate surface area is 245 Å². The number of nitrogens with one attached hydrogen (secondary N) is 1. The minimum absolute atomic E-state index is 0.0149. The van der Waals surface area contributed by atoms with Crippen LogP contribution in [0, 0.1) is 0 Å². The molecule has 1 spiro atoms. The molecule has 2 amide bonds. The fourth-order valence-corrected chi connectivity index (χ4v) is 5.80. The van der Waals surface area contributed by atoms with Crippen LogP contribution in [0.3, 0.4) is 0 Å². The van der Waals surface area contributed by atoms with E-state index in [0.717, 1.165) is 11.3 Å². The highest BCUT2D eigenvalue weighted by molar-refractivity contribution is 5.95. The van der Waals surface area contributed by atoms with Gasteiger partial charge in [-0.2, -0.15) is 0 Å². The van der Waals surface area contributed by atoms with Crippen LogP contribution in [0.1, 0.15) is 41.1 Å². The molecule has 0 saturated carbocycles. The van der Waals surface area contributed by atoms with Crippen LogP contribution in [0.15, 0.2) is 66.4 Å². The molecule has 5 rings (SSSR count). The van der Waals surface area contributed by atoms with Crippen molar-refractivity contribution in [3.05, 3.63) is 77.6 Å². The predicted octanol–water partition coefficient (Wildman–Crippen LogP) is 2.17. The van der Waals surface area contributed by atoms with Crippen LogP contribution in [-0.2, 0) is 28.5 Å². The summed E-state index contributed by atoms with van der Waals surface area (Å²) in [4.78, 5) is 42.5. The molecule has 2 aromatic rings. The van der Waals surface area contributed by atoms with E-state index in [0.29, 0.717) is 44.6 Å². The first-order valence-electron chi connectivity index (χ1n) is 14.2. The number of hydrogen-bond acceptors (Lipinski definition) is 9. The van der Waals surface area contributed by atoms with Crippen LogP contribution in [0.5, 0.6) is 0 Å². The lowest BCUT2D eigenvalue weighted by molar-refractivity contribution is -0.157. The molecule has 0 unspecified atom stereocenters. The predicted molar refractivity (Wildman–Crippen MR) is 152 cm³/mol. The number of esters is 1. The van der Waals surface area contributed by atoms with Crippen LogP contribution < -0.4 is 10.2 Å². The molecule has 2 atom stereocenters. The van der Waals surface area contributed by atoms with E-state index in [1.54, 1.807) is 23.1 Å². The maximum absolute atomic E-state index is 13.8. The third-order valence-corrected chi connectivity index (χ3v) is 8.08. The highest BCUT2D eigenvalue weighted by atomic mass is 16.7. The third kappa shape index (κ3) is 6.28. The van der Waals surface area contributed by atoms with Crippen LogP contribution in [0.25, 0.3) is 0 Å². The number of hydrogen-bond donors (Lipinski definition) is 2. The van der Waals surface area contributed by atoms with Gasteiger partial charge in [0.1, 0.15) is 5.54 Å². The van der Waals surface area contributed by atoms with Crippen molar-refractivity contribution in [2.24, 2.45) is 0 Å². The van der Waals surface area contributed by atoms with E-state index in [9.17, 15) is 14.4 Å². The number of para-hydroxylation sites is 1. The normalized spacial score (nSPS) is 21.5. The monoisotopic (exact) mass is 579 g/mol. The number of aliphatic hydroxyl groups excluding tert-OH is 1. The van der Waals surface area contributed by atoms with Crippen molar-refractivity contribution in [3.8, 4) is 0 Å². The average Bonchev–Trinajstić information content (AvgIpc) is 3.35. The summed E-state index contributed by atoms with van der Waals surface area (Å²) in [5.41, 5.74) is 1.60. The SMILES string of the molecule is COC(=O)c1ccc([C@H]2C=C(C(=O)N3CCC4(CC3)C(=O)NCN4c3ccccc3)O[C@@H](OCCOCCO)C2)cc1. The third-order valence-electron chi connectivity index (χ3n) is 8.08. The minimum Gasteiger partial charge on any atom is -0.465 e. The molecule has 0 bridgehead atoms. The number of benzene rings is 2. The summed E-state index contributed by atoms with van der Waals surface area (Å²) < 4.78 is 22.1. The Kier molecular flexibility index (Phi) is 9.41. The van der Waals surface area contributed by atoms with Crippen molar-refractivity contribution in [2.75, 3.05) is 58.2 Å². The van der Waals surface area contributed by atoms with E-state index in [-0.39, 0.29) is 49.9 Å². The molecular formula is C31H37N3O8. The molecule has 3 aliphatic heterocycles. The summed E-state index contributed by atoms with van der Waals surface area (Å²) >= 11 is 0. The maximum atomic E-state index is 13.8. The number of nitrogens with zero attached hydrogens (tertiary/aromatic N) is 2. The summed E-state index contributed by atoms with van der Waals surface area (Å²) in [5, 5.41) is 11.9. The van der Waals surface area contributed by atoms with Gasteiger partial charge in [0.25, 0.3) is 5.91 Å². The van der Waals surface area contributed by atoms with E-state index in [1.807, 2.05) is 42.5 Å². The average molecular weight is 580 g/mol. The Morgan fingerprint density at radius 3 is 2.48 bits per heavy atom. The minimum atomic E-state index is -0.704. The molecule has 3 aliphatic rings. The lowest BCUT2D eigenvalue weighted by atomic mass is 9.85. The molecule has 42 heavy (non-hydrogen) atoms. The molecule has 2 N–H and O–H groups in total. The Morgan fingerprint density at radius 2 is 1.79 bits per heavy atom. The van der Waals surface area contributed by atoms with Gasteiger partial charge in [0.05, 0.1) is 45.8 Å². The lowest BCUT2D eigenvalue weighted by Gasteiger charge is -2.43. The van der Waals surface area contributed by atoms with Crippen molar-refractivity contribution in [2.45, 2.75) is 37.0 Å². The number of allylic oxidation sites excluding steroid dienone is 1. The molecule has 0 aromatic heterocycles. The molecule has 2 saturated heterocycles. The second-order valence-corrected chi connectivity index (χ2v) is 10.5. The zero-order valence-electron chi connectivity index (χ0n) is 23.7. The van der Waals surface area contributed by atoms with Crippen LogP contribution in [0.2, 0.25) is 0 Å². The molecule has 0 radical (unpaired) electrons. The van der Waals surface area contributed by atoms with Crippen molar-refractivity contribution < 1.29 is 38.4 Å². The van der Waals surface area contributed by atoms with Gasteiger partial charge in [-0.05, 0) is 48.7 Å². The molecule has 11 heteroatoms. The maximum Gasteiger partial charge on any atom is 0.337 e. The number of piperidine rings is 1. The number of ether oxygens (including phenoxy) is 4. The smallest absolute Gasteiger partial charge is 0.337 e. The lowest BCUT2D eigenvalue weighted by Crippen LogP contribution is -2.57. The van der Waals surface area contributed by atoms with Gasteiger partial charge in [-0.3, -0.25) is 9.59 Å². The van der Waals surface area contributed by atoms with E-state index >= 15 is 0 Å². The molecular weight excluding hydrogens is 542 g/mol.